The van der Waals surface area contributed by atoms with Crippen LogP contribution >= 0.6 is 23.2 Å². The maximum absolute atomic E-state index is 6.32. The third-order valence-corrected chi connectivity index (χ3v) is 4.24. The van der Waals surface area contributed by atoms with Gasteiger partial charge in [0.2, 0.25) is 0 Å². The number of alkyl halides is 1. The molecular formula is C15H24Cl2N2. The van der Waals surface area contributed by atoms with E-state index in [1.807, 2.05) is 25.3 Å². The van der Waals surface area contributed by atoms with Crippen LogP contribution < -0.4 is 0 Å². The zero-order chi connectivity index (χ0) is 14.3. The van der Waals surface area contributed by atoms with Crippen LogP contribution in [0, 0.1) is 5.92 Å². The SMILES string of the molecule is CC=C(Cl)CC(Cl)CC(C)CCC(C)c1ccn[nH]1. The number of nitrogens with one attached hydrogen (secondary N) is 1. The predicted molar refractivity (Wildman–Crippen MR) is 83.9 cm³/mol. The zero-order valence-electron chi connectivity index (χ0n) is 12.0. The van der Waals surface area contributed by atoms with Crippen molar-refractivity contribution in [1.82, 2.24) is 10.2 Å². The van der Waals surface area contributed by atoms with Gasteiger partial charge in [0, 0.05) is 22.3 Å². The average molecular weight is 303 g/mol. The molecule has 3 unspecified atom stereocenters. The quantitative estimate of drug-likeness (QED) is 0.635. The second-order valence-electron chi connectivity index (χ2n) is 5.37. The number of aromatic nitrogens is 2. The highest BCUT2D eigenvalue weighted by molar-refractivity contribution is 6.30. The van der Waals surface area contributed by atoms with Crippen molar-refractivity contribution in [3.63, 3.8) is 0 Å². The molecule has 0 aromatic carbocycles. The molecule has 1 heterocycles. The lowest BCUT2D eigenvalue weighted by Gasteiger charge is -2.17. The minimum Gasteiger partial charge on any atom is -0.282 e. The fourth-order valence-electron chi connectivity index (χ4n) is 2.20. The van der Waals surface area contributed by atoms with Crippen molar-refractivity contribution in [2.24, 2.45) is 5.92 Å². The maximum atomic E-state index is 6.32. The molecule has 0 saturated heterocycles. The van der Waals surface area contributed by atoms with Gasteiger partial charge in [-0.15, -0.1) is 11.6 Å². The van der Waals surface area contributed by atoms with Crippen molar-refractivity contribution < 1.29 is 0 Å². The first-order chi connectivity index (χ1) is 9.02. The second kappa shape index (κ2) is 8.65. The van der Waals surface area contributed by atoms with Gasteiger partial charge in [-0.2, -0.15) is 5.10 Å². The first-order valence-electron chi connectivity index (χ1n) is 6.97. The van der Waals surface area contributed by atoms with Crippen molar-refractivity contribution in [3.8, 4) is 0 Å². The molecule has 1 aromatic rings. The Morgan fingerprint density at radius 3 is 2.74 bits per heavy atom. The van der Waals surface area contributed by atoms with E-state index in [-0.39, 0.29) is 5.38 Å². The van der Waals surface area contributed by atoms with Gasteiger partial charge in [-0.05, 0) is 44.1 Å². The number of rotatable bonds is 8. The highest BCUT2D eigenvalue weighted by atomic mass is 35.5. The van der Waals surface area contributed by atoms with Crippen LogP contribution in [0.1, 0.15) is 58.1 Å². The monoisotopic (exact) mass is 302 g/mol. The Morgan fingerprint density at radius 2 is 2.16 bits per heavy atom. The van der Waals surface area contributed by atoms with Crippen LogP contribution in [0.25, 0.3) is 0 Å². The molecule has 0 aliphatic rings. The van der Waals surface area contributed by atoms with Crippen LogP contribution in [0.15, 0.2) is 23.4 Å². The van der Waals surface area contributed by atoms with Gasteiger partial charge in [0.1, 0.15) is 0 Å². The van der Waals surface area contributed by atoms with E-state index in [0.29, 0.717) is 11.8 Å². The molecule has 19 heavy (non-hydrogen) atoms. The molecule has 1 rings (SSSR count). The standard InChI is InChI=1S/C15H24Cl2N2/c1-4-13(16)10-14(17)9-11(2)5-6-12(3)15-7-8-18-19-15/h4,7-8,11-12,14H,5-6,9-10H2,1-3H3,(H,18,19). The first-order valence-corrected chi connectivity index (χ1v) is 7.78. The van der Waals surface area contributed by atoms with Crippen molar-refractivity contribution in [2.75, 3.05) is 0 Å². The number of halogens is 2. The Labute approximate surface area is 126 Å². The Kier molecular flexibility index (Phi) is 7.55. The average Bonchev–Trinajstić information content (AvgIpc) is 2.89. The van der Waals surface area contributed by atoms with Gasteiger partial charge in [0.05, 0.1) is 0 Å². The van der Waals surface area contributed by atoms with E-state index in [1.165, 1.54) is 12.1 Å². The summed E-state index contributed by atoms with van der Waals surface area (Å²) in [5.74, 6) is 1.15. The van der Waals surface area contributed by atoms with Crippen LogP contribution in [0.3, 0.4) is 0 Å². The largest absolute Gasteiger partial charge is 0.282 e. The summed E-state index contributed by atoms with van der Waals surface area (Å²) in [7, 11) is 0. The Balaban J connectivity index is 2.25. The molecule has 0 radical (unpaired) electrons. The number of hydrogen-bond acceptors (Lipinski definition) is 1. The molecule has 108 valence electrons. The van der Waals surface area contributed by atoms with Crippen molar-refractivity contribution in [3.05, 3.63) is 29.1 Å². The van der Waals surface area contributed by atoms with Crippen molar-refractivity contribution in [1.29, 1.82) is 0 Å². The van der Waals surface area contributed by atoms with Crippen LogP contribution in [0.2, 0.25) is 0 Å². The van der Waals surface area contributed by atoms with Gasteiger partial charge in [0.15, 0.2) is 0 Å². The summed E-state index contributed by atoms with van der Waals surface area (Å²) in [5, 5.41) is 8.03. The van der Waals surface area contributed by atoms with E-state index < -0.39 is 0 Å². The van der Waals surface area contributed by atoms with Gasteiger partial charge in [-0.1, -0.05) is 37.9 Å². The fraction of sp³-hybridized carbons (Fsp3) is 0.667. The third kappa shape index (κ3) is 6.49. The van der Waals surface area contributed by atoms with E-state index in [1.54, 1.807) is 0 Å². The van der Waals surface area contributed by atoms with Gasteiger partial charge in [-0.3, -0.25) is 5.10 Å². The topological polar surface area (TPSA) is 28.7 Å². The molecule has 1 N–H and O–H groups in total. The summed E-state index contributed by atoms with van der Waals surface area (Å²) in [6.45, 7) is 6.44. The van der Waals surface area contributed by atoms with E-state index in [0.717, 1.165) is 24.3 Å². The molecule has 0 aliphatic heterocycles. The first kappa shape index (κ1) is 16.6. The fourth-order valence-corrected chi connectivity index (χ4v) is 2.93. The summed E-state index contributed by atoms with van der Waals surface area (Å²) < 4.78 is 0. The van der Waals surface area contributed by atoms with Gasteiger partial charge in [-0.25, -0.2) is 0 Å². The number of nitrogens with zero attached hydrogens (tertiary/aromatic N) is 1. The highest BCUT2D eigenvalue weighted by Crippen LogP contribution is 2.26. The predicted octanol–water partition coefficient (Wildman–Crippen LogP) is 5.46. The molecule has 0 aliphatic carbocycles. The summed E-state index contributed by atoms with van der Waals surface area (Å²) in [6, 6.07) is 2.05. The molecule has 4 heteroatoms. The van der Waals surface area contributed by atoms with Gasteiger partial charge < -0.3 is 0 Å². The van der Waals surface area contributed by atoms with E-state index in [9.17, 15) is 0 Å². The molecule has 0 spiro atoms. The van der Waals surface area contributed by atoms with Crippen molar-refractivity contribution in [2.45, 2.75) is 57.7 Å². The van der Waals surface area contributed by atoms with Crippen molar-refractivity contribution >= 4 is 23.2 Å². The Morgan fingerprint density at radius 1 is 1.42 bits per heavy atom. The Hall–Kier alpha value is -0.470. The Bertz CT molecular complexity index is 374. The summed E-state index contributed by atoms with van der Waals surface area (Å²) in [4.78, 5) is 0. The third-order valence-electron chi connectivity index (χ3n) is 3.53. The van der Waals surface area contributed by atoms with Gasteiger partial charge in [0.25, 0.3) is 0 Å². The highest BCUT2D eigenvalue weighted by Gasteiger charge is 2.14. The normalized spacial score (nSPS) is 17.2. The molecule has 0 fully saturated rings. The molecule has 0 amide bonds. The summed E-state index contributed by atoms with van der Waals surface area (Å²) in [6.07, 6.45) is 7.85. The zero-order valence-corrected chi connectivity index (χ0v) is 13.5. The molecule has 2 nitrogen and oxygen atoms in total. The smallest absolute Gasteiger partial charge is 0.0490 e. The minimum absolute atomic E-state index is 0.140. The number of aromatic amines is 1. The van der Waals surface area contributed by atoms with E-state index in [4.69, 9.17) is 23.2 Å². The lowest BCUT2D eigenvalue weighted by Crippen LogP contribution is -2.07. The summed E-state index contributed by atoms with van der Waals surface area (Å²) in [5.41, 5.74) is 1.21. The van der Waals surface area contributed by atoms with E-state index >= 15 is 0 Å². The lowest BCUT2D eigenvalue weighted by molar-refractivity contribution is 0.442. The van der Waals surface area contributed by atoms with Crippen LogP contribution in [-0.4, -0.2) is 15.6 Å². The van der Waals surface area contributed by atoms with Crippen LogP contribution in [-0.2, 0) is 0 Å². The maximum Gasteiger partial charge on any atom is 0.0490 e. The molecule has 0 bridgehead atoms. The van der Waals surface area contributed by atoms with E-state index in [2.05, 4.69) is 24.0 Å². The van der Waals surface area contributed by atoms with Gasteiger partial charge >= 0.3 is 0 Å². The molecule has 3 atom stereocenters. The number of H-pyrrole nitrogens is 1. The molecular weight excluding hydrogens is 279 g/mol. The lowest BCUT2D eigenvalue weighted by atomic mass is 9.92. The number of allylic oxidation sites excluding steroid dienone is 2. The van der Waals surface area contributed by atoms with Crippen LogP contribution in [0.4, 0.5) is 0 Å². The van der Waals surface area contributed by atoms with Crippen LogP contribution in [0.5, 0.6) is 0 Å². The minimum atomic E-state index is 0.140. The molecule has 1 aromatic heterocycles. The molecule has 0 saturated carbocycles. The second-order valence-corrected chi connectivity index (χ2v) is 6.47. The summed E-state index contributed by atoms with van der Waals surface area (Å²) >= 11 is 12.3. The number of hydrogen-bond donors (Lipinski definition) is 1.